The molecule has 2 N–H and O–H groups in total. The minimum atomic E-state index is -3.64. The summed E-state index contributed by atoms with van der Waals surface area (Å²) < 4.78 is 32.7. The Morgan fingerprint density at radius 3 is 2.38 bits per heavy atom. The molecule has 7 heteroatoms. The Labute approximate surface area is 140 Å². The molecule has 0 saturated heterocycles. The average Bonchev–Trinajstić information content (AvgIpc) is 3.10. The van der Waals surface area contributed by atoms with Gasteiger partial charge in [-0.2, -0.15) is 0 Å². The standard InChI is InChI=1S/C17H17N3O3S/c1-2-23-15-7-9-16(10-8-15)24(21,22)20-14-5-3-13(4-6-14)17-11-18-12-19-17/h3-12,20H,2H2,1H3,(H,18,19). The molecule has 0 unspecified atom stereocenters. The molecule has 0 aliphatic rings. The van der Waals surface area contributed by atoms with Gasteiger partial charge in [-0.1, -0.05) is 12.1 Å². The number of hydrogen-bond donors (Lipinski definition) is 2. The quantitative estimate of drug-likeness (QED) is 0.719. The van der Waals surface area contributed by atoms with Gasteiger partial charge in [-0.15, -0.1) is 0 Å². The number of nitrogens with one attached hydrogen (secondary N) is 2. The van der Waals surface area contributed by atoms with Crippen molar-refractivity contribution in [1.29, 1.82) is 0 Å². The van der Waals surface area contributed by atoms with Crippen LogP contribution in [0.1, 0.15) is 6.92 Å². The third-order valence-electron chi connectivity index (χ3n) is 3.39. The van der Waals surface area contributed by atoms with E-state index in [1.54, 1.807) is 36.8 Å². The van der Waals surface area contributed by atoms with Gasteiger partial charge in [0.05, 0.1) is 29.7 Å². The Kier molecular flexibility index (Phi) is 4.52. The molecule has 24 heavy (non-hydrogen) atoms. The van der Waals surface area contributed by atoms with Crippen LogP contribution in [0.2, 0.25) is 0 Å². The zero-order chi connectivity index (χ0) is 17.0. The Morgan fingerprint density at radius 1 is 1.08 bits per heavy atom. The lowest BCUT2D eigenvalue weighted by Crippen LogP contribution is -2.12. The van der Waals surface area contributed by atoms with Crippen molar-refractivity contribution in [2.45, 2.75) is 11.8 Å². The van der Waals surface area contributed by atoms with E-state index in [9.17, 15) is 8.42 Å². The van der Waals surface area contributed by atoms with Gasteiger partial charge in [0.2, 0.25) is 0 Å². The fourth-order valence-corrected chi connectivity index (χ4v) is 3.29. The van der Waals surface area contributed by atoms with E-state index in [1.807, 2.05) is 19.1 Å². The van der Waals surface area contributed by atoms with Gasteiger partial charge in [-0.3, -0.25) is 4.72 Å². The summed E-state index contributed by atoms with van der Waals surface area (Å²) in [6, 6.07) is 13.4. The molecule has 2 aromatic carbocycles. The van der Waals surface area contributed by atoms with E-state index in [2.05, 4.69) is 14.7 Å². The molecule has 1 heterocycles. The summed E-state index contributed by atoms with van der Waals surface area (Å²) in [6.45, 7) is 2.41. The number of rotatable bonds is 6. The number of hydrogen-bond acceptors (Lipinski definition) is 4. The second-order valence-corrected chi connectivity index (χ2v) is 6.73. The maximum atomic E-state index is 12.4. The van der Waals surface area contributed by atoms with Crippen molar-refractivity contribution < 1.29 is 13.2 Å². The minimum absolute atomic E-state index is 0.184. The summed E-state index contributed by atoms with van der Waals surface area (Å²) in [7, 11) is -3.64. The third-order valence-corrected chi connectivity index (χ3v) is 4.79. The molecule has 0 radical (unpaired) electrons. The van der Waals surface area contributed by atoms with Crippen molar-refractivity contribution in [3.8, 4) is 17.0 Å². The van der Waals surface area contributed by atoms with Crippen LogP contribution >= 0.6 is 0 Å². The number of aromatic nitrogens is 2. The van der Waals surface area contributed by atoms with Crippen LogP contribution in [0.4, 0.5) is 5.69 Å². The second-order valence-electron chi connectivity index (χ2n) is 5.05. The Bertz CT molecular complexity index is 887. The fraction of sp³-hybridized carbons (Fsp3) is 0.118. The highest BCUT2D eigenvalue weighted by molar-refractivity contribution is 7.92. The fourth-order valence-electron chi connectivity index (χ4n) is 2.23. The van der Waals surface area contributed by atoms with Crippen LogP contribution < -0.4 is 9.46 Å². The molecule has 0 bridgehead atoms. The molecule has 0 amide bonds. The van der Waals surface area contributed by atoms with E-state index < -0.39 is 10.0 Å². The highest BCUT2D eigenvalue weighted by Crippen LogP contribution is 2.22. The van der Waals surface area contributed by atoms with Crippen molar-refractivity contribution in [3.05, 3.63) is 61.1 Å². The third kappa shape index (κ3) is 3.57. The molecular formula is C17H17N3O3S. The molecule has 0 spiro atoms. The maximum Gasteiger partial charge on any atom is 0.261 e. The van der Waals surface area contributed by atoms with Gasteiger partial charge in [0.1, 0.15) is 5.75 Å². The normalized spacial score (nSPS) is 11.2. The minimum Gasteiger partial charge on any atom is -0.494 e. The van der Waals surface area contributed by atoms with Crippen LogP contribution in [0.25, 0.3) is 11.3 Å². The van der Waals surface area contributed by atoms with Gasteiger partial charge in [0, 0.05) is 5.69 Å². The van der Waals surface area contributed by atoms with Gasteiger partial charge in [0.15, 0.2) is 0 Å². The summed E-state index contributed by atoms with van der Waals surface area (Å²) >= 11 is 0. The molecule has 3 rings (SSSR count). The van der Waals surface area contributed by atoms with E-state index in [0.29, 0.717) is 18.0 Å². The topological polar surface area (TPSA) is 84.1 Å². The Balaban J connectivity index is 1.76. The van der Waals surface area contributed by atoms with Gasteiger partial charge in [-0.05, 0) is 48.9 Å². The number of sulfonamides is 1. The number of nitrogens with zero attached hydrogens (tertiary/aromatic N) is 1. The smallest absolute Gasteiger partial charge is 0.261 e. The van der Waals surface area contributed by atoms with Crippen LogP contribution in [-0.4, -0.2) is 25.0 Å². The molecule has 0 aliphatic heterocycles. The maximum absolute atomic E-state index is 12.4. The zero-order valence-electron chi connectivity index (χ0n) is 13.1. The summed E-state index contributed by atoms with van der Waals surface area (Å²) in [5.41, 5.74) is 2.29. The predicted octanol–water partition coefficient (Wildman–Crippen LogP) is 3.28. The number of aromatic amines is 1. The van der Waals surface area contributed by atoms with Crippen LogP contribution in [0, 0.1) is 0 Å². The van der Waals surface area contributed by atoms with Gasteiger partial charge in [0.25, 0.3) is 10.0 Å². The monoisotopic (exact) mass is 343 g/mol. The molecule has 3 aromatic rings. The lowest BCUT2D eigenvalue weighted by atomic mass is 10.1. The van der Waals surface area contributed by atoms with E-state index in [1.165, 1.54) is 12.1 Å². The summed E-state index contributed by atoms with van der Waals surface area (Å²) in [5.74, 6) is 0.639. The number of anilines is 1. The predicted molar refractivity (Wildman–Crippen MR) is 92.4 cm³/mol. The number of benzene rings is 2. The first-order chi connectivity index (χ1) is 11.6. The first-order valence-corrected chi connectivity index (χ1v) is 8.91. The molecule has 0 fully saturated rings. The Morgan fingerprint density at radius 2 is 1.79 bits per heavy atom. The van der Waals surface area contributed by atoms with Crippen molar-refractivity contribution >= 4 is 15.7 Å². The van der Waals surface area contributed by atoms with E-state index in [-0.39, 0.29) is 4.90 Å². The van der Waals surface area contributed by atoms with Gasteiger partial charge < -0.3 is 9.72 Å². The highest BCUT2D eigenvalue weighted by atomic mass is 32.2. The number of H-pyrrole nitrogens is 1. The molecule has 0 aliphatic carbocycles. The van der Waals surface area contributed by atoms with Crippen LogP contribution in [-0.2, 0) is 10.0 Å². The molecule has 124 valence electrons. The summed E-state index contributed by atoms with van der Waals surface area (Å²) in [4.78, 5) is 7.15. The van der Waals surface area contributed by atoms with Crippen LogP contribution in [0.3, 0.4) is 0 Å². The summed E-state index contributed by atoms with van der Waals surface area (Å²) in [6.07, 6.45) is 3.30. The highest BCUT2D eigenvalue weighted by Gasteiger charge is 2.14. The van der Waals surface area contributed by atoms with Crippen LogP contribution in [0.5, 0.6) is 5.75 Å². The SMILES string of the molecule is CCOc1ccc(S(=O)(=O)Nc2ccc(-c3cnc[nH]3)cc2)cc1. The first kappa shape index (κ1) is 16.1. The second kappa shape index (κ2) is 6.76. The van der Waals surface area contributed by atoms with Crippen LogP contribution in [0.15, 0.2) is 66.0 Å². The Hall–Kier alpha value is -2.80. The molecule has 0 saturated carbocycles. The van der Waals surface area contributed by atoms with E-state index in [0.717, 1.165) is 11.3 Å². The molecule has 0 atom stereocenters. The first-order valence-electron chi connectivity index (χ1n) is 7.43. The lowest BCUT2D eigenvalue weighted by Gasteiger charge is -2.09. The van der Waals surface area contributed by atoms with Crippen molar-refractivity contribution in [1.82, 2.24) is 9.97 Å². The zero-order valence-corrected chi connectivity index (χ0v) is 13.9. The van der Waals surface area contributed by atoms with Crippen molar-refractivity contribution in [2.24, 2.45) is 0 Å². The average molecular weight is 343 g/mol. The largest absolute Gasteiger partial charge is 0.494 e. The molecule has 1 aromatic heterocycles. The van der Waals surface area contributed by atoms with Crippen molar-refractivity contribution in [3.63, 3.8) is 0 Å². The van der Waals surface area contributed by atoms with E-state index in [4.69, 9.17) is 4.74 Å². The van der Waals surface area contributed by atoms with E-state index >= 15 is 0 Å². The molecular weight excluding hydrogens is 326 g/mol. The summed E-state index contributed by atoms with van der Waals surface area (Å²) in [5, 5.41) is 0. The van der Waals surface area contributed by atoms with Crippen molar-refractivity contribution in [2.75, 3.05) is 11.3 Å². The lowest BCUT2D eigenvalue weighted by molar-refractivity contribution is 0.340. The number of ether oxygens (including phenoxy) is 1. The van der Waals surface area contributed by atoms with Gasteiger partial charge >= 0.3 is 0 Å². The number of imidazole rings is 1. The van der Waals surface area contributed by atoms with Gasteiger partial charge in [-0.25, -0.2) is 13.4 Å². The molecule has 6 nitrogen and oxygen atoms in total.